The van der Waals surface area contributed by atoms with E-state index in [9.17, 15) is 0 Å². The molecule has 0 amide bonds. The highest BCUT2D eigenvalue weighted by Crippen LogP contribution is 2.29. The lowest BCUT2D eigenvalue weighted by Crippen LogP contribution is -2.13. The first-order chi connectivity index (χ1) is 9.58. The van der Waals surface area contributed by atoms with Gasteiger partial charge in [-0.2, -0.15) is 0 Å². The number of aromatic nitrogens is 2. The van der Waals surface area contributed by atoms with Gasteiger partial charge in [-0.3, -0.25) is 0 Å². The summed E-state index contributed by atoms with van der Waals surface area (Å²) in [5.41, 5.74) is 7.21. The Morgan fingerprint density at radius 3 is 2.45 bits per heavy atom. The topological polar surface area (TPSA) is 31.9 Å². The Kier molecular flexibility index (Phi) is 2.97. The molecule has 3 rings (SSSR count). The molecule has 102 valence electrons. The van der Waals surface area contributed by atoms with Gasteiger partial charge in [0.1, 0.15) is 0 Å². The molecule has 0 saturated carbocycles. The van der Waals surface area contributed by atoms with Gasteiger partial charge in [-0.1, -0.05) is 18.2 Å². The fourth-order valence-corrected chi connectivity index (χ4v) is 2.52. The third-order valence-corrected chi connectivity index (χ3v) is 4.09. The van der Waals surface area contributed by atoms with Crippen molar-refractivity contribution < 1.29 is 0 Å². The number of H-pyrrole nitrogens is 1. The van der Waals surface area contributed by atoms with Crippen molar-refractivity contribution in [1.29, 1.82) is 0 Å². The van der Waals surface area contributed by atoms with Gasteiger partial charge < -0.3 is 9.88 Å². The number of aromatic amines is 1. The molecule has 0 atom stereocenters. The number of fused-ring (bicyclic) bond motifs is 1. The summed E-state index contributed by atoms with van der Waals surface area (Å²) in [4.78, 5) is 10.1. The lowest BCUT2D eigenvalue weighted by molar-refractivity contribution is 1.08. The van der Waals surface area contributed by atoms with E-state index in [-0.39, 0.29) is 0 Å². The molecule has 20 heavy (non-hydrogen) atoms. The van der Waals surface area contributed by atoms with Crippen LogP contribution in [0, 0.1) is 20.8 Å². The summed E-state index contributed by atoms with van der Waals surface area (Å²) in [7, 11) is 2.05. The number of nitrogens with one attached hydrogen (secondary N) is 1. The molecule has 0 spiro atoms. The van der Waals surface area contributed by atoms with Crippen molar-refractivity contribution in [2.75, 3.05) is 11.9 Å². The number of para-hydroxylation sites is 2. The van der Waals surface area contributed by atoms with Crippen LogP contribution in [0.2, 0.25) is 0 Å². The summed E-state index contributed by atoms with van der Waals surface area (Å²) in [6.07, 6.45) is 0. The van der Waals surface area contributed by atoms with E-state index in [2.05, 4.69) is 54.8 Å². The minimum atomic E-state index is 0.873. The molecule has 1 aromatic heterocycles. The van der Waals surface area contributed by atoms with Crippen molar-refractivity contribution >= 4 is 22.7 Å². The van der Waals surface area contributed by atoms with Crippen LogP contribution < -0.4 is 4.90 Å². The van der Waals surface area contributed by atoms with Crippen molar-refractivity contribution in [2.45, 2.75) is 20.8 Å². The highest BCUT2D eigenvalue weighted by atomic mass is 15.2. The lowest BCUT2D eigenvalue weighted by Gasteiger charge is -2.20. The minimum absolute atomic E-state index is 0.873. The first-order valence-corrected chi connectivity index (χ1v) is 6.83. The van der Waals surface area contributed by atoms with Crippen LogP contribution in [-0.2, 0) is 0 Å². The number of imidazole rings is 1. The van der Waals surface area contributed by atoms with Crippen LogP contribution in [-0.4, -0.2) is 17.0 Å². The van der Waals surface area contributed by atoms with Gasteiger partial charge in [0.25, 0.3) is 0 Å². The largest absolute Gasteiger partial charge is 0.324 e. The summed E-state index contributed by atoms with van der Waals surface area (Å²) in [5.74, 6) is 0.873. The number of anilines is 2. The van der Waals surface area contributed by atoms with Crippen molar-refractivity contribution in [3.8, 4) is 0 Å². The standard InChI is InChI=1S/C17H19N3/c1-11-9-10-16(13(3)12(11)2)20(4)17-18-14-7-5-6-8-15(14)19-17/h5-10H,1-4H3,(H,18,19). The zero-order valence-electron chi connectivity index (χ0n) is 12.4. The average Bonchev–Trinajstić information content (AvgIpc) is 2.88. The number of hydrogen-bond donors (Lipinski definition) is 1. The second-order valence-corrected chi connectivity index (χ2v) is 5.29. The van der Waals surface area contributed by atoms with Crippen LogP contribution in [0.1, 0.15) is 16.7 Å². The maximum atomic E-state index is 4.65. The SMILES string of the molecule is Cc1ccc(N(C)c2nc3ccccc3[nH]2)c(C)c1C. The molecule has 0 aliphatic heterocycles. The van der Waals surface area contributed by atoms with E-state index < -0.39 is 0 Å². The van der Waals surface area contributed by atoms with E-state index in [1.165, 1.54) is 22.4 Å². The summed E-state index contributed by atoms with van der Waals surface area (Å²) < 4.78 is 0. The number of nitrogens with zero attached hydrogens (tertiary/aromatic N) is 2. The summed E-state index contributed by atoms with van der Waals surface area (Å²) in [6.45, 7) is 6.48. The molecule has 0 radical (unpaired) electrons. The van der Waals surface area contributed by atoms with Gasteiger partial charge in [0, 0.05) is 12.7 Å². The molecule has 0 unspecified atom stereocenters. The lowest BCUT2D eigenvalue weighted by atomic mass is 10.0. The molecular formula is C17H19N3. The monoisotopic (exact) mass is 265 g/mol. The minimum Gasteiger partial charge on any atom is -0.324 e. The Bertz CT molecular complexity index is 738. The Balaban J connectivity index is 2.08. The zero-order valence-corrected chi connectivity index (χ0v) is 12.4. The van der Waals surface area contributed by atoms with Crippen molar-refractivity contribution in [2.24, 2.45) is 0 Å². The predicted octanol–water partition coefficient (Wildman–Crippen LogP) is 4.26. The predicted molar refractivity (Wildman–Crippen MR) is 84.8 cm³/mol. The maximum Gasteiger partial charge on any atom is 0.208 e. The Hall–Kier alpha value is -2.29. The van der Waals surface area contributed by atoms with Gasteiger partial charge in [0.15, 0.2) is 0 Å². The van der Waals surface area contributed by atoms with E-state index in [1.54, 1.807) is 0 Å². The van der Waals surface area contributed by atoms with Crippen LogP contribution in [0.5, 0.6) is 0 Å². The molecule has 3 aromatic rings. The molecule has 1 heterocycles. The molecule has 0 fully saturated rings. The summed E-state index contributed by atoms with van der Waals surface area (Å²) in [5, 5.41) is 0. The third-order valence-electron chi connectivity index (χ3n) is 4.09. The van der Waals surface area contributed by atoms with Gasteiger partial charge in [0.05, 0.1) is 11.0 Å². The van der Waals surface area contributed by atoms with Crippen LogP contribution in [0.15, 0.2) is 36.4 Å². The molecule has 0 aliphatic rings. The van der Waals surface area contributed by atoms with E-state index in [1.807, 2.05) is 24.3 Å². The quantitative estimate of drug-likeness (QED) is 0.751. The normalized spacial score (nSPS) is 11.0. The van der Waals surface area contributed by atoms with Crippen molar-refractivity contribution in [3.63, 3.8) is 0 Å². The van der Waals surface area contributed by atoms with E-state index in [0.717, 1.165) is 17.0 Å². The number of rotatable bonds is 2. The van der Waals surface area contributed by atoms with Crippen LogP contribution in [0.4, 0.5) is 11.6 Å². The molecular weight excluding hydrogens is 246 g/mol. The molecule has 2 aromatic carbocycles. The molecule has 0 bridgehead atoms. The fourth-order valence-electron chi connectivity index (χ4n) is 2.52. The number of benzene rings is 2. The molecule has 3 nitrogen and oxygen atoms in total. The van der Waals surface area contributed by atoms with Gasteiger partial charge in [-0.05, 0) is 55.7 Å². The van der Waals surface area contributed by atoms with E-state index in [4.69, 9.17) is 0 Å². The second-order valence-electron chi connectivity index (χ2n) is 5.29. The highest BCUT2D eigenvalue weighted by Gasteiger charge is 2.13. The molecule has 0 saturated heterocycles. The Morgan fingerprint density at radius 2 is 1.70 bits per heavy atom. The average molecular weight is 265 g/mol. The smallest absolute Gasteiger partial charge is 0.208 e. The first-order valence-electron chi connectivity index (χ1n) is 6.83. The van der Waals surface area contributed by atoms with Crippen LogP contribution in [0.25, 0.3) is 11.0 Å². The maximum absolute atomic E-state index is 4.65. The van der Waals surface area contributed by atoms with Crippen molar-refractivity contribution in [1.82, 2.24) is 9.97 Å². The second kappa shape index (κ2) is 4.67. The zero-order chi connectivity index (χ0) is 14.3. The van der Waals surface area contributed by atoms with Crippen molar-refractivity contribution in [3.05, 3.63) is 53.1 Å². The third kappa shape index (κ3) is 1.95. The van der Waals surface area contributed by atoms with E-state index >= 15 is 0 Å². The molecule has 0 aliphatic carbocycles. The number of hydrogen-bond acceptors (Lipinski definition) is 2. The summed E-state index contributed by atoms with van der Waals surface area (Å²) in [6, 6.07) is 12.4. The fraction of sp³-hybridized carbons (Fsp3) is 0.235. The molecule has 1 N–H and O–H groups in total. The molecule has 3 heteroatoms. The Morgan fingerprint density at radius 1 is 0.950 bits per heavy atom. The van der Waals surface area contributed by atoms with Crippen LogP contribution in [0.3, 0.4) is 0 Å². The highest BCUT2D eigenvalue weighted by molar-refractivity contribution is 5.79. The summed E-state index contributed by atoms with van der Waals surface area (Å²) >= 11 is 0. The Labute approximate surface area is 119 Å². The van der Waals surface area contributed by atoms with Gasteiger partial charge in [-0.25, -0.2) is 4.98 Å². The van der Waals surface area contributed by atoms with Crippen LogP contribution >= 0.6 is 0 Å². The first kappa shape index (κ1) is 12.7. The van der Waals surface area contributed by atoms with Gasteiger partial charge in [0.2, 0.25) is 5.95 Å². The number of aryl methyl sites for hydroxylation is 1. The van der Waals surface area contributed by atoms with Gasteiger partial charge in [-0.15, -0.1) is 0 Å². The van der Waals surface area contributed by atoms with Gasteiger partial charge >= 0.3 is 0 Å². The van der Waals surface area contributed by atoms with E-state index in [0.29, 0.717) is 0 Å².